The molecule has 2 rings (SSSR count). The summed E-state index contributed by atoms with van der Waals surface area (Å²) in [6, 6.07) is 3.88. The van der Waals surface area contributed by atoms with Crippen LogP contribution in [0.25, 0.3) is 0 Å². The van der Waals surface area contributed by atoms with Gasteiger partial charge < -0.3 is 15.2 Å². The number of hydrogen-bond acceptors (Lipinski definition) is 3. The van der Waals surface area contributed by atoms with Gasteiger partial charge in [0.05, 0.1) is 12.2 Å². The molecule has 20 heavy (non-hydrogen) atoms. The van der Waals surface area contributed by atoms with Crippen LogP contribution in [0, 0.1) is 0 Å². The van der Waals surface area contributed by atoms with E-state index in [0.717, 1.165) is 48.6 Å². The highest BCUT2D eigenvalue weighted by molar-refractivity contribution is 6.30. The van der Waals surface area contributed by atoms with Crippen molar-refractivity contribution in [3.63, 3.8) is 0 Å². The molecule has 0 spiro atoms. The van der Waals surface area contributed by atoms with Gasteiger partial charge in [-0.15, -0.1) is 0 Å². The van der Waals surface area contributed by atoms with Gasteiger partial charge in [-0.2, -0.15) is 0 Å². The van der Waals surface area contributed by atoms with Crippen molar-refractivity contribution < 1.29 is 9.47 Å². The summed E-state index contributed by atoms with van der Waals surface area (Å²) in [7, 11) is 1.74. The summed E-state index contributed by atoms with van der Waals surface area (Å²) in [5.41, 5.74) is 8.44. The Kier molecular flexibility index (Phi) is 4.95. The Labute approximate surface area is 126 Å². The Morgan fingerprint density at radius 2 is 2.10 bits per heavy atom. The van der Waals surface area contributed by atoms with E-state index in [1.165, 1.54) is 5.56 Å². The molecule has 0 amide bonds. The van der Waals surface area contributed by atoms with Crippen molar-refractivity contribution in [3.8, 4) is 5.75 Å². The van der Waals surface area contributed by atoms with Gasteiger partial charge in [0, 0.05) is 24.6 Å². The predicted molar refractivity (Wildman–Crippen MR) is 82.7 cm³/mol. The largest absolute Gasteiger partial charge is 0.493 e. The van der Waals surface area contributed by atoms with Crippen molar-refractivity contribution >= 4 is 11.6 Å². The molecule has 1 aromatic carbocycles. The van der Waals surface area contributed by atoms with Gasteiger partial charge in [0.25, 0.3) is 0 Å². The van der Waals surface area contributed by atoms with E-state index in [1.807, 2.05) is 12.1 Å². The molecule has 3 nitrogen and oxygen atoms in total. The van der Waals surface area contributed by atoms with Crippen LogP contribution >= 0.6 is 11.6 Å². The fraction of sp³-hybridized carbons (Fsp3) is 0.625. The van der Waals surface area contributed by atoms with Crippen LogP contribution in [0.1, 0.15) is 37.8 Å². The lowest BCUT2D eigenvalue weighted by atomic mass is 9.84. The summed E-state index contributed by atoms with van der Waals surface area (Å²) in [6.45, 7) is 4.96. The number of hydrogen-bond donors (Lipinski definition) is 1. The molecule has 4 heteroatoms. The maximum atomic E-state index is 6.44. The standard InChI is InChI=1S/C16H24ClNO2/c1-4-16(5-2,19-3)14(18)10-12-9-13(17)8-11-6-7-20-15(11)12/h8-9,14H,4-7,10,18H2,1-3H3. The van der Waals surface area contributed by atoms with Gasteiger partial charge in [-0.25, -0.2) is 0 Å². The van der Waals surface area contributed by atoms with Gasteiger partial charge in [0.2, 0.25) is 0 Å². The summed E-state index contributed by atoms with van der Waals surface area (Å²) in [6.07, 6.45) is 3.43. The molecule has 1 unspecified atom stereocenters. The SMILES string of the molecule is CCC(CC)(OC)C(N)Cc1cc(Cl)cc2c1OCC2. The summed E-state index contributed by atoms with van der Waals surface area (Å²) < 4.78 is 11.5. The number of rotatable bonds is 6. The van der Waals surface area contributed by atoms with E-state index in [1.54, 1.807) is 7.11 Å². The molecule has 0 bridgehead atoms. The van der Waals surface area contributed by atoms with Crippen LogP contribution in [0.4, 0.5) is 0 Å². The normalized spacial score (nSPS) is 15.8. The number of methoxy groups -OCH3 is 1. The molecule has 1 aromatic rings. The zero-order chi connectivity index (χ0) is 14.8. The minimum Gasteiger partial charge on any atom is -0.493 e. The quantitative estimate of drug-likeness (QED) is 0.876. The molecule has 0 aromatic heterocycles. The summed E-state index contributed by atoms with van der Waals surface area (Å²) >= 11 is 6.20. The molecule has 0 fully saturated rings. The molecule has 1 aliphatic heterocycles. The van der Waals surface area contributed by atoms with Crippen LogP contribution in [-0.4, -0.2) is 25.4 Å². The number of benzene rings is 1. The topological polar surface area (TPSA) is 44.5 Å². The van der Waals surface area contributed by atoms with Gasteiger partial charge >= 0.3 is 0 Å². The summed E-state index contributed by atoms with van der Waals surface area (Å²) in [5, 5.41) is 0.757. The van der Waals surface area contributed by atoms with Gasteiger partial charge in [0.15, 0.2) is 0 Å². The van der Waals surface area contributed by atoms with E-state index >= 15 is 0 Å². The first-order chi connectivity index (χ1) is 9.56. The number of ether oxygens (including phenoxy) is 2. The smallest absolute Gasteiger partial charge is 0.125 e. The first kappa shape index (κ1) is 15.6. The van der Waals surface area contributed by atoms with Gasteiger partial charge in [-0.05, 0) is 42.5 Å². The van der Waals surface area contributed by atoms with Crippen molar-refractivity contribution in [3.05, 3.63) is 28.3 Å². The Hall–Kier alpha value is -0.770. The van der Waals surface area contributed by atoms with Crippen molar-refractivity contribution in [1.29, 1.82) is 0 Å². The van der Waals surface area contributed by atoms with E-state index in [2.05, 4.69) is 13.8 Å². The molecular weight excluding hydrogens is 274 g/mol. The minimum absolute atomic E-state index is 0.0748. The van der Waals surface area contributed by atoms with Crippen LogP contribution in [0.2, 0.25) is 5.02 Å². The Balaban J connectivity index is 2.26. The lowest BCUT2D eigenvalue weighted by Crippen LogP contribution is -2.50. The Bertz CT molecular complexity index is 464. The molecule has 0 aliphatic carbocycles. The maximum absolute atomic E-state index is 6.44. The Morgan fingerprint density at radius 1 is 1.40 bits per heavy atom. The molecule has 1 aliphatic rings. The van der Waals surface area contributed by atoms with Gasteiger partial charge in [-0.1, -0.05) is 25.4 Å². The number of halogens is 1. The third-order valence-corrected chi connectivity index (χ3v) is 4.76. The van der Waals surface area contributed by atoms with Crippen molar-refractivity contribution in [2.45, 2.75) is 51.2 Å². The first-order valence-corrected chi connectivity index (χ1v) is 7.69. The van der Waals surface area contributed by atoms with Gasteiger partial charge in [0.1, 0.15) is 5.75 Å². The molecule has 2 N–H and O–H groups in total. The molecule has 112 valence electrons. The van der Waals surface area contributed by atoms with Crippen molar-refractivity contribution in [1.82, 2.24) is 0 Å². The molecule has 0 saturated carbocycles. The highest BCUT2D eigenvalue weighted by atomic mass is 35.5. The highest BCUT2D eigenvalue weighted by Crippen LogP contribution is 2.35. The van der Waals surface area contributed by atoms with Crippen LogP contribution in [-0.2, 0) is 17.6 Å². The number of nitrogens with two attached hydrogens (primary N) is 1. The summed E-state index contributed by atoms with van der Waals surface area (Å²) in [4.78, 5) is 0. The monoisotopic (exact) mass is 297 g/mol. The summed E-state index contributed by atoms with van der Waals surface area (Å²) in [5.74, 6) is 0.974. The molecule has 0 saturated heterocycles. The Morgan fingerprint density at radius 3 is 2.70 bits per heavy atom. The average Bonchev–Trinajstić information content (AvgIpc) is 2.89. The van der Waals surface area contributed by atoms with Crippen LogP contribution < -0.4 is 10.5 Å². The minimum atomic E-state index is -0.284. The second kappa shape index (κ2) is 6.33. The fourth-order valence-corrected chi connectivity index (χ4v) is 3.40. The molecular formula is C16H24ClNO2. The predicted octanol–water partition coefficient (Wildman–Crippen LogP) is 3.35. The maximum Gasteiger partial charge on any atom is 0.125 e. The lowest BCUT2D eigenvalue weighted by Gasteiger charge is -2.36. The van der Waals surface area contributed by atoms with E-state index in [0.29, 0.717) is 0 Å². The van der Waals surface area contributed by atoms with Gasteiger partial charge in [-0.3, -0.25) is 0 Å². The second-order valence-electron chi connectivity index (χ2n) is 5.44. The number of fused-ring (bicyclic) bond motifs is 1. The average molecular weight is 298 g/mol. The third-order valence-electron chi connectivity index (χ3n) is 4.54. The van der Waals surface area contributed by atoms with E-state index < -0.39 is 0 Å². The van der Waals surface area contributed by atoms with Crippen LogP contribution in [0.5, 0.6) is 5.75 Å². The lowest BCUT2D eigenvalue weighted by molar-refractivity contribution is -0.0375. The second-order valence-corrected chi connectivity index (χ2v) is 5.87. The van der Waals surface area contributed by atoms with Crippen molar-refractivity contribution in [2.75, 3.05) is 13.7 Å². The van der Waals surface area contributed by atoms with E-state index in [4.69, 9.17) is 26.8 Å². The third kappa shape index (κ3) is 2.80. The molecule has 0 radical (unpaired) electrons. The fourth-order valence-electron chi connectivity index (χ4n) is 3.14. The zero-order valence-electron chi connectivity index (χ0n) is 12.5. The van der Waals surface area contributed by atoms with Crippen molar-refractivity contribution in [2.24, 2.45) is 5.73 Å². The van der Waals surface area contributed by atoms with E-state index in [9.17, 15) is 0 Å². The zero-order valence-corrected chi connectivity index (χ0v) is 13.3. The first-order valence-electron chi connectivity index (χ1n) is 7.31. The highest BCUT2D eigenvalue weighted by Gasteiger charge is 2.34. The van der Waals surface area contributed by atoms with Crippen LogP contribution in [0.3, 0.4) is 0 Å². The van der Waals surface area contributed by atoms with E-state index in [-0.39, 0.29) is 11.6 Å². The molecule has 1 atom stereocenters. The van der Waals surface area contributed by atoms with Crippen LogP contribution in [0.15, 0.2) is 12.1 Å². The molecule has 1 heterocycles.